The second-order valence-electron chi connectivity index (χ2n) is 5.75. The highest BCUT2D eigenvalue weighted by Crippen LogP contribution is 2.32. The van der Waals surface area contributed by atoms with E-state index in [4.69, 9.17) is 11.6 Å². The fraction of sp³-hybridized carbons (Fsp3) is 0.750. The summed E-state index contributed by atoms with van der Waals surface area (Å²) in [5.41, 5.74) is 1.16. The van der Waals surface area contributed by atoms with Crippen molar-refractivity contribution in [1.29, 1.82) is 0 Å². The Labute approximate surface area is 101 Å². The summed E-state index contributed by atoms with van der Waals surface area (Å²) in [6, 6.07) is 0. The monoisotopic (exact) mass is 242 g/mol. The first-order valence-corrected chi connectivity index (χ1v) is 6.20. The average molecular weight is 243 g/mol. The van der Waals surface area contributed by atoms with Crippen molar-refractivity contribution in [2.45, 2.75) is 52.7 Å². The molecule has 0 aromatic carbocycles. The number of hydrogen-bond donors (Lipinski definition) is 1. The summed E-state index contributed by atoms with van der Waals surface area (Å²) in [6.07, 6.45) is 3.11. The largest absolute Gasteiger partial charge is 0.373 e. The highest BCUT2D eigenvalue weighted by atomic mass is 35.5. The summed E-state index contributed by atoms with van der Waals surface area (Å²) in [7, 11) is 0. The van der Waals surface area contributed by atoms with Crippen molar-refractivity contribution >= 4 is 11.6 Å². The van der Waals surface area contributed by atoms with Gasteiger partial charge in [0.05, 0.1) is 5.69 Å². The van der Waals surface area contributed by atoms with Crippen LogP contribution in [0, 0.1) is 5.41 Å². The summed E-state index contributed by atoms with van der Waals surface area (Å²) in [5, 5.41) is 10.6. The van der Waals surface area contributed by atoms with Crippen LogP contribution < -0.4 is 0 Å². The summed E-state index contributed by atoms with van der Waals surface area (Å²) >= 11 is 6.11. The highest BCUT2D eigenvalue weighted by Gasteiger charge is 2.26. The maximum atomic E-state index is 10.0. The molecule has 1 unspecified atom stereocenters. The van der Waals surface area contributed by atoms with Crippen LogP contribution in [0.4, 0.5) is 0 Å². The maximum Gasteiger partial charge on any atom is 0.150 e. The van der Waals surface area contributed by atoms with Gasteiger partial charge in [-0.05, 0) is 24.7 Å². The molecule has 0 aliphatic carbocycles. The molecule has 2 heterocycles. The van der Waals surface area contributed by atoms with E-state index in [-0.39, 0.29) is 5.41 Å². The molecule has 2 rings (SSSR count). The quantitative estimate of drug-likeness (QED) is 0.822. The molecule has 0 bridgehead atoms. The fourth-order valence-electron chi connectivity index (χ4n) is 2.24. The highest BCUT2D eigenvalue weighted by molar-refractivity contribution is 6.30. The number of aliphatic hydroxyl groups is 1. The van der Waals surface area contributed by atoms with E-state index in [0.29, 0.717) is 5.15 Å². The molecule has 1 aromatic rings. The molecule has 1 aliphatic heterocycles. The van der Waals surface area contributed by atoms with E-state index < -0.39 is 6.23 Å². The van der Waals surface area contributed by atoms with Crippen molar-refractivity contribution in [3.05, 3.63) is 16.7 Å². The van der Waals surface area contributed by atoms with Crippen LogP contribution >= 0.6 is 11.6 Å². The van der Waals surface area contributed by atoms with Crippen LogP contribution in [0.5, 0.6) is 0 Å². The van der Waals surface area contributed by atoms with E-state index in [1.54, 1.807) is 0 Å². The molecular weight excluding hydrogens is 224 g/mol. The van der Waals surface area contributed by atoms with Gasteiger partial charge in [0.15, 0.2) is 5.15 Å². The molecule has 4 heteroatoms. The molecule has 1 aromatic heterocycles. The summed E-state index contributed by atoms with van der Waals surface area (Å²) in [5.74, 6) is 0.916. The lowest BCUT2D eigenvalue weighted by Gasteiger charge is -2.25. The summed E-state index contributed by atoms with van der Waals surface area (Å²) in [4.78, 5) is 4.40. The van der Waals surface area contributed by atoms with E-state index in [2.05, 4.69) is 25.8 Å². The average Bonchev–Trinajstić information content (AvgIpc) is 2.42. The molecule has 0 saturated heterocycles. The van der Waals surface area contributed by atoms with Crippen molar-refractivity contribution in [3.8, 4) is 0 Å². The Kier molecular flexibility index (Phi) is 3.01. The molecule has 0 radical (unpaired) electrons. The number of imidazole rings is 1. The number of rotatable bonds is 1. The Hall–Kier alpha value is -0.540. The minimum atomic E-state index is -0.443. The number of aromatic nitrogens is 2. The lowest BCUT2D eigenvalue weighted by Crippen LogP contribution is -2.22. The number of hydrogen-bond acceptors (Lipinski definition) is 2. The van der Waals surface area contributed by atoms with Crippen LogP contribution in [0.25, 0.3) is 0 Å². The zero-order valence-corrected chi connectivity index (χ0v) is 10.9. The van der Waals surface area contributed by atoms with Gasteiger partial charge in [-0.25, -0.2) is 4.98 Å². The van der Waals surface area contributed by atoms with Crippen LogP contribution in [0.2, 0.25) is 5.15 Å². The topological polar surface area (TPSA) is 38.0 Å². The van der Waals surface area contributed by atoms with Gasteiger partial charge < -0.3 is 9.67 Å². The van der Waals surface area contributed by atoms with Crippen LogP contribution in [0.1, 0.15) is 51.4 Å². The first-order chi connectivity index (χ1) is 7.38. The zero-order chi connectivity index (χ0) is 11.9. The van der Waals surface area contributed by atoms with Gasteiger partial charge in [-0.1, -0.05) is 32.4 Å². The standard InChI is InChI=1S/C12H19ClN2O/c1-12(2,3)7-9-14-11(13)8-5-4-6-10(16)15(8)9/h10,16H,4-7H2,1-3H3. The molecule has 3 nitrogen and oxygen atoms in total. The molecule has 1 aliphatic rings. The van der Waals surface area contributed by atoms with Gasteiger partial charge in [-0.2, -0.15) is 0 Å². The first-order valence-electron chi connectivity index (χ1n) is 5.82. The Morgan fingerprint density at radius 3 is 2.81 bits per heavy atom. The fourth-order valence-corrected chi connectivity index (χ4v) is 2.53. The smallest absolute Gasteiger partial charge is 0.150 e. The zero-order valence-electron chi connectivity index (χ0n) is 10.1. The van der Waals surface area contributed by atoms with Gasteiger partial charge in [0.2, 0.25) is 0 Å². The van der Waals surface area contributed by atoms with E-state index >= 15 is 0 Å². The van der Waals surface area contributed by atoms with Crippen LogP contribution in [0.15, 0.2) is 0 Å². The molecule has 16 heavy (non-hydrogen) atoms. The molecular formula is C12H19ClN2O. The van der Waals surface area contributed by atoms with Crippen molar-refractivity contribution in [2.75, 3.05) is 0 Å². The molecule has 90 valence electrons. The number of aliphatic hydroxyl groups excluding tert-OH is 1. The number of nitrogens with zero attached hydrogens (tertiary/aromatic N) is 2. The van der Waals surface area contributed by atoms with Crippen molar-refractivity contribution in [3.63, 3.8) is 0 Å². The summed E-state index contributed by atoms with van der Waals surface area (Å²) in [6.45, 7) is 6.49. The molecule has 0 saturated carbocycles. The lowest BCUT2D eigenvalue weighted by atomic mass is 9.92. The van der Waals surface area contributed by atoms with Crippen molar-refractivity contribution < 1.29 is 5.11 Å². The van der Waals surface area contributed by atoms with E-state index in [1.165, 1.54) is 0 Å². The molecule has 0 fully saturated rings. The van der Waals surface area contributed by atoms with Crippen LogP contribution in [-0.2, 0) is 12.8 Å². The van der Waals surface area contributed by atoms with Crippen LogP contribution in [-0.4, -0.2) is 14.7 Å². The predicted octanol–water partition coefficient (Wildman–Crippen LogP) is 2.95. The van der Waals surface area contributed by atoms with Gasteiger partial charge in [-0.15, -0.1) is 0 Å². The molecule has 1 N–H and O–H groups in total. The van der Waals surface area contributed by atoms with Gasteiger partial charge >= 0.3 is 0 Å². The SMILES string of the molecule is CC(C)(C)Cc1nc(Cl)c2n1C(O)CCC2. The minimum absolute atomic E-state index is 0.155. The van der Waals surface area contributed by atoms with Gasteiger partial charge in [-0.3, -0.25) is 0 Å². The van der Waals surface area contributed by atoms with Crippen molar-refractivity contribution in [1.82, 2.24) is 9.55 Å². The Morgan fingerprint density at radius 1 is 1.50 bits per heavy atom. The third kappa shape index (κ3) is 2.25. The van der Waals surface area contributed by atoms with E-state index in [1.807, 2.05) is 4.57 Å². The second-order valence-corrected chi connectivity index (χ2v) is 6.10. The van der Waals surface area contributed by atoms with Gasteiger partial charge in [0, 0.05) is 6.42 Å². The third-order valence-electron chi connectivity index (χ3n) is 2.90. The molecule has 1 atom stereocenters. The predicted molar refractivity (Wildman–Crippen MR) is 64.6 cm³/mol. The van der Waals surface area contributed by atoms with Gasteiger partial charge in [0.1, 0.15) is 12.1 Å². The first kappa shape index (κ1) is 11.9. The Bertz CT molecular complexity index is 392. The molecule has 0 amide bonds. The minimum Gasteiger partial charge on any atom is -0.373 e. The normalized spacial score (nSPS) is 20.9. The Morgan fingerprint density at radius 2 is 2.19 bits per heavy atom. The third-order valence-corrected chi connectivity index (χ3v) is 3.20. The van der Waals surface area contributed by atoms with Crippen LogP contribution in [0.3, 0.4) is 0 Å². The van der Waals surface area contributed by atoms with Gasteiger partial charge in [0.25, 0.3) is 0 Å². The number of fused-ring (bicyclic) bond motifs is 1. The van der Waals surface area contributed by atoms with Crippen molar-refractivity contribution in [2.24, 2.45) is 5.41 Å². The van der Waals surface area contributed by atoms with E-state index in [0.717, 1.165) is 37.2 Å². The second kappa shape index (κ2) is 4.04. The Balaban J connectivity index is 2.39. The number of halogens is 1. The lowest BCUT2D eigenvalue weighted by molar-refractivity contribution is 0.0744. The summed E-state index contributed by atoms with van der Waals surface area (Å²) < 4.78 is 1.93. The molecule has 0 spiro atoms. The maximum absolute atomic E-state index is 10.0. The van der Waals surface area contributed by atoms with E-state index in [9.17, 15) is 5.11 Å².